The Morgan fingerprint density at radius 1 is 1.28 bits per heavy atom. The summed E-state index contributed by atoms with van der Waals surface area (Å²) in [6.07, 6.45) is 3.93. The molecule has 3 rings (SSSR count). The van der Waals surface area contributed by atoms with E-state index in [1.165, 1.54) is 6.07 Å². The molecule has 2 unspecified atom stereocenters. The molecule has 0 spiro atoms. The second kappa shape index (κ2) is 7.00. The van der Waals surface area contributed by atoms with Gasteiger partial charge in [0, 0.05) is 49.5 Å². The lowest BCUT2D eigenvalue weighted by Gasteiger charge is -2.42. The second-order valence-electron chi connectivity index (χ2n) is 7.39. The Morgan fingerprint density at radius 2 is 2.00 bits per heavy atom. The second-order valence-corrected chi connectivity index (χ2v) is 7.39. The summed E-state index contributed by atoms with van der Waals surface area (Å²) in [5.74, 6) is 0.0778. The third-order valence-electron chi connectivity index (χ3n) is 5.55. The van der Waals surface area contributed by atoms with E-state index in [1.54, 1.807) is 12.1 Å². The zero-order chi connectivity index (χ0) is 18.0. The fraction of sp³-hybridized carbons (Fsp3) is 0.611. The van der Waals surface area contributed by atoms with E-state index >= 15 is 0 Å². The molecule has 1 aromatic carbocycles. The van der Waals surface area contributed by atoms with Crippen LogP contribution in [0.5, 0.6) is 0 Å². The van der Waals surface area contributed by atoms with E-state index in [9.17, 15) is 14.9 Å². The van der Waals surface area contributed by atoms with Crippen molar-refractivity contribution >= 4 is 17.3 Å². The lowest BCUT2D eigenvalue weighted by atomic mass is 9.74. The smallest absolute Gasteiger partial charge is 0.271 e. The highest BCUT2D eigenvalue weighted by Crippen LogP contribution is 2.33. The van der Waals surface area contributed by atoms with Crippen LogP contribution in [0.15, 0.2) is 24.3 Å². The number of carbonyl (C=O) groups excluding carboxylic acids is 1. The summed E-state index contributed by atoms with van der Waals surface area (Å²) in [6, 6.07) is 6.67. The molecule has 1 aliphatic heterocycles. The monoisotopic (exact) mass is 346 g/mol. The minimum Gasteiger partial charge on any atom is -0.368 e. The summed E-state index contributed by atoms with van der Waals surface area (Å²) >= 11 is 0. The number of nitrogens with two attached hydrogens (primary N) is 1. The van der Waals surface area contributed by atoms with Crippen molar-refractivity contribution in [1.82, 2.24) is 4.90 Å². The summed E-state index contributed by atoms with van der Waals surface area (Å²) in [4.78, 5) is 27.5. The molecule has 7 nitrogen and oxygen atoms in total. The van der Waals surface area contributed by atoms with Crippen molar-refractivity contribution in [2.24, 2.45) is 11.7 Å². The van der Waals surface area contributed by atoms with Gasteiger partial charge in [0.2, 0.25) is 5.91 Å². The van der Waals surface area contributed by atoms with Crippen molar-refractivity contribution in [3.05, 3.63) is 34.4 Å². The Balaban J connectivity index is 1.63. The highest BCUT2D eigenvalue weighted by molar-refractivity contribution is 5.80. The van der Waals surface area contributed by atoms with E-state index in [0.717, 1.165) is 31.4 Å². The zero-order valence-corrected chi connectivity index (χ0v) is 14.7. The Morgan fingerprint density at radius 3 is 2.64 bits per heavy atom. The van der Waals surface area contributed by atoms with Crippen LogP contribution < -0.4 is 10.6 Å². The van der Waals surface area contributed by atoms with Crippen LogP contribution in [0.4, 0.5) is 11.4 Å². The number of benzene rings is 1. The van der Waals surface area contributed by atoms with Crippen molar-refractivity contribution in [3.63, 3.8) is 0 Å². The first-order valence-electron chi connectivity index (χ1n) is 8.95. The molecule has 1 aliphatic carbocycles. The van der Waals surface area contributed by atoms with Crippen molar-refractivity contribution in [2.45, 2.75) is 38.1 Å². The summed E-state index contributed by atoms with van der Waals surface area (Å²) in [7, 11) is 0. The standard InChI is InChI=1S/C18H26N4O3/c1-18(19)8-3-2-7-16(18)17(23)21-11-9-20(10-12-21)14-5-4-6-15(13-14)22(24)25/h4-6,13,16H,2-3,7-12,19H2,1H3. The summed E-state index contributed by atoms with van der Waals surface area (Å²) in [5, 5.41) is 10.9. The van der Waals surface area contributed by atoms with Gasteiger partial charge in [0.25, 0.3) is 5.69 Å². The van der Waals surface area contributed by atoms with E-state index in [1.807, 2.05) is 17.9 Å². The molecule has 2 N–H and O–H groups in total. The molecule has 1 amide bonds. The fourth-order valence-corrected chi connectivity index (χ4v) is 3.97. The Labute approximate surface area is 147 Å². The number of rotatable bonds is 3. The lowest BCUT2D eigenvalue weighted by molar-refractivity contribution is -0.384. The number of nitro benzene ring substituents is 1. The summed E-state index contributed by atoms with van der Waals surface area (Å²) < 4.78 is 0. The molecular weight excluding hydrogens is 320 g/mol. The zero-order valence-electron chi connectivity index (χ0n) is 14.7. The molecule has 0 aromatic heterocycles. The average molecular weight is 346 g/mol. The molecule has 0 bridgehead atoms. The predicted molar refractivity (Wildman–Crippen MR) is 96.4 cm³/mol. The molecule has 2 atom stereocenters. The molecule has 2 aliphatic rings. The maximum atomic E-state index is 12.9. The Hall–Kier alpha value is -2.15. The number of nitrogens with zero attached hydrogens (tertiary/aromatic N) is 3. The highest BCUT2D eigenvalue weighted by Gasteiger charge is 2.40. The molecule has 7 heteroatoms. The van der Waals surface area contributed by atoms with Gasteiger partial charge in [0.05, 0.1) is 10.8 Å². The molecular formula is C18H26N4O3. The van der Waals surface area contributed by atoms with E-state index in [4.69, 9.17) is 5.73 Å². The van der Waals surface area contributed by atoms with Crippen LogP contribution in [0.3, 0.4) is 0 Å². The fourth-order valence-electron chi connectivity index (χ4n) is 3.97. The molecule has 0 radical (unpaired) electrons. The van der Waals surface area contributed by atoms with Gasteiger partial charge in [0.15, 0.2) is 0 Å². The van der Waals surface area contributed by atoms with Gasteiger partial charge in [0.1, 0.15) is 0 Å². The van der Waals surface area contributed by atoms with Gasteiger partial charge in [-0.3, -0.25) is 14.9 Å². The van der Waals surface area contributed by atoms with Gasteiger partial charge in [-0.2, -0.15) is 0 Å². The first-order chi connectivity index (χ1) is 11.9. The SMILES string of the molecule is CC1(N)CCCCC1C(=O)N1CCN(c2cccc([N+](=O)[O-])c2)CC1. The molecule has 25 heavy (non-hydrogen) atoms. The Kier molecular flexibility index (Phi) is 4.94. The largest absolute Gasteiger partial charge is 0.368 e. The third-order valence-corrected chi connectivity index (χ3v) is 5.55. The summed E-state index contributed by atoms with van der Waals surface area (Å²) in [5.41, 5.74) is 6.89. The van der Waals surface area contributed by atoms with Gasteiger partial charge in [-0.1, -0.05) is 18.9 Å². The number of nitro groups is 1. The van der Waals surface area contributed by atoms with Crippen molar-refractivity contribution in [2.75, 3.05) is 31.1 Å². The van der Waals surface area contributed by atoms with Crippen molar-refractivity contribution in [3.8, 4) is 0 Å². The van der Waals surface area contributed by atoms with Crippen LogP contribution in [-0.2, 0) is 4.79 Å². The van der Waals surface area contributed by atoms with Crippen LogP contribution in [0.2, 0.25) is 0 Å². The molecule has 136 valence electrons. The quantitative estimate of drug-likeness (QED) is 0.669. The molecule has 1 saturated heterocycles. The third kappa shape index (κ3) is 3.76. The van der Waals surface area contributed by atoms with E-state index < -0.39 is 5.54 Å². The number of anilines is 1. The normalized spacial score (nSPS) is 27.2. The van der Waals surface area contributed by atoms with Gasteiger partial charge in [-0.25, -0.2) is 0 Å². The number of non-ortho nitro benzene ring substituents is 1. The lowest BCUT2D eigenvalue weighted by Crippen LogP contribution is -2.57. The first-order valence-corrected chi connectivity index (χ1v) is 8.95. The Bertz CT molecular complexity index is 653. The molecule has 1 heterocycles. The van der Waals surface area contributed by atoms with E-state index in [-0.39, 0.29) is 22.4 Å². The highest BCUT2D eigenvalue weighted by atomic mass is 16.6. The van der Waals surface area contributed by atoms with Gasteiger partial charge < -0.3 is 15.5 Å². The first kappa shape index (κ1) is 17.7. The minimum atomic E-state index is -0.410. The summed E-state index contributed by atoms with van der Waals surface area (Å²) in [6.45, 7) is 4.62. The van der Waals surface area contributed by atoms with Gasteiger partial charge >= 0.3 is 0 Å². The number of amides is 1. The van der Waals surface area contributed by atoms with E-state index in [2.05, 4.69) is 4.90 Å². The van der Waals surface area contributed by atoms with Gasteiger partial charge in [-0.15, -0.1) is 0 Å². The molecule has 2 fully saturated rings. The van der Waals surface area contributed by atoms with Crippen LogP contribution >= 0.6 is 0 Å². The number of carbonyl (C=O) groups is 1. The topological polar surface area (TPSA) is 92.7 Å². The number of hydrogen-bond donors (Lipinski definition) is 1. The van der Waals surface area contributed by atoms with Crippen LogP contribution in [-0.4, -0.2) is 47.4 Å². The maximum absolute atomic E-state index is 12.9. The van der Waals surface area contributed by atoms with Crippen molar-refractivity contribution in [1.29, 1.82) is 0 Å². The molecule has 1 saturated carbocycles. The number of hydrogen-bond acceptors (Lipinski definition) is 5. The minimum absolute atomic E-state index is 0.0920. The van der Waals surface area contributed by atoms with Crippen LogP contribution in [0.1, 0.15) is 32.6 Å². The number of piperazine rings is 1. The molecule has 1 aromatic rings. The predicted octanol–water partition coefficient (Wildman–Crippen LogP) is 2.15. The maximum Gasteiger partial charge on any atom is 0.271 e. The average Bonchev–Trinajstić information content (AvgIpc) is 2.61. The van der Waals surface area contributed by atoms with Crippen LogP contribution in [0.25, 0.3) is 0 Å². The van der Waals surface area contributed by atoms with E-state index in [0.29, 0.717) is 26.2 Å². The van der Waals surface area contributed by atoms with Gasteiger partial charge in [-0.05, 0) is 25.8 Å². The van der Waals surface area contributed by atoms with Crippen LogP contribution in [0, 0.1) is 16.0 Å². The van der Waals surface area contributed by atoms with Crippen molar-refractivity contribution < 1.29 is 9.72 Å².